The molecule has 2 rings (SSSR count). The predicted octanol–water partition coefficient (Wildman–Crippen LogP) is 2.50. The number of hydrogen-bond donors (Lipinski definition) is 2. The number of aryl methyl sites for hydroxylation is 1. The lowest BCUT2D eigenvalue weighted by Gasteiger charge is -2.43. The van der Waals surface area contributed by atoms with Crippen LogP contribution in [0.25, 0.3) is 0 Å². The Labute approximate surface area is 124 Å². The second kappa shape index (κ2) is 5.71. The summed E-state index contributed by atoms with van der Waals surface area (Å²) in [5, 5.41) is 12.2. The standard InChI is InChI=1S/C15H21N3O3/c1-10-5-7-16-9-11(10)17-14(21)18-8-4-6-15(2,3)12(18)13(19)20/h5,7,9,12H,4,6,8H2,1-3H3,(H,17,21)(H,19,20). The maximum Gasteiger partial charge on any atom is 0.327 e. The van der Waals surface area contributed by atoms with E-state index < -0.39 is 17.4 Å². The largest absolute Gasteiger partial charge is 0.480 e. The molecule has 0 aromatic carbocycles. The lowest BCUT2D eigenvalue weighted by molar-refractivity contribution is -0.148. The smallest absolute Gasteiger partial charge is 0.327 e. The minimum Gasteiger partial charge on any atom is -0.480 e. The number of aromatic nitrogens is 1. The van der Waals surface area contributed by atoms with Crippen LogP contribution >= 0.6 is 0 Å². The van der Waals surface area contributed by atoms with E-state index in [1.54, 1.807) is 18.5 Å². The van der Waals surface area contributed by atoms with Crippen LogP contribution in [0.5, 0.6) is 0 Å². The molecule has 2 heterocycles. The lowest BCUT2D eigenvalue weighted by atomic mass is 9.76. The molecule has 114 valence electrons. The number of aliphatic carboxylic acids is 1. The lowest BCUT2D eigenvalue weighted by Crippen LogP contribution is -2.57. The van der Waals surface area contributed by atoms with Gasteiger partial charge in [-0.25, -0.2) is 9.59 Å². The van der Waals surface area contributed by atoms with Crippen molar-refractivity contribution in [2.45, 2.75) is 39.7 Å². The van der Waals surface area contributed by atoms with Gasteiger partial charge in [0.2, 0.25) is 0 Å². The molecule has 0 radical (unpaired) electrons. The summed E-state index contributed by atoms with van der Waals surface area (Å²) in [6, 6.07) is 0.597. The first-order valence-electron chi connectivity index (χ1n) is 7.04. The fraction of sp³-hybridized carbons (Fsp3) is 0.533. The van der Waals surface area contributed by atoms with Gasteiger partial charge in [0.05, 0.1) is 11.9 Å². The Kier molecular flexibility index (Phi) is 4.16. The summed E-state index contributed by atoms with van der Waals surface area (Å²) in [5.41, 5.74) is 1.06. The van der Waals surface area contributed by atoms with Crippen LogP contribution in [-0.2, 0) is 4.79 Å². The Bertz CT molecular complexity index is 557. The van der Waals surface area contributed by atoms with E-state index in [4.69, 9.17) is 0 Å². The SMILES string of the molecule is Cc1ccncc1NC(=O)N1CCCC(C)(C)C1C(=O)O. The van der Waals surface area contributed by atoms with Gasteiger partial charge in [0.15, 0.2) is 0 Å². The number of pyridine rings is 1. The molecule has 6 heteroatoms. The number of urea groups is 1. The normalized spacial score (nSPS) is 20.9. The number of carbonyl (C=O) groups is 2. The van der Waals surface area contributed by atoms with Crippen molar-refractivity contribution in [1.29, 1.82) is 0 Å². The van der Waals surface area contributed by atoms with Gasteiger partial charge in [0.1, 0.15) is 6.04 Å². The number of rotatable bonds is 2. The maximum absolute atomic E-state index is 12.4. The van der Waals surface area contributed by atoms with Crippen molar-refractivity contribution in [2.24, 2.45) is 5.41 Å². The number of carboxylic acids is 1. The highest BCUT2D eigenvalue weighted by atomic mass is 16.4. The van der Waals surface area contributed by atoms with E-state index in [1.807, 2.05) is 20.8 Å². The molecule has 1 aliphatic heterocycles. The number of likely N-dealkylation sites (tertiary alicyclic amines) is 1. The maximum atomic E-state index is 12.4. The van der Waals surface area contributed by atoms with Crippen molar-refractivity contribution >= 4 is 17.7 Å². The van der Waals surface area contributed by atoms with Gasteiger partial charge in [-0.1, -0.05) is 13.8 Å². The first kappa shape index (κ1) is 15.3. The van der Waals surface area contributed by atoms with Crippen molar-refractivity contribution in [1.82, 2.24) is 9.88 Å². The fourth-order valence-corrected chi connectivity index (χ4v) is 2.86. The number of carboxylic acid groups (broad SMARTS) is 1. The van der Waals surface area contributed by atoms with Gasteiger partial charge < -0.3 is 15.3 Å². The number of carbonyl (C=O) groups excluding carboxylic acids is 1. The van der Waals surface area contributed by atoms with E-state index in [2.05, 4.69) is 10.3 Å². The highest BCUT2D eigenvalue weighted by molar-refractivity contribution is 5.93. The Morgan fingerprint density at radius 2 is 2.19 bits per heavy atom. The Morgan fingerprint density at radius 1 is 1.48 bits per heavy atom. The summed E-state index contributed by atoms with van der Waals surface area (Å²) in [6.45, 7) is 6.10. The number of anilines is 1. The molecule has 0 saturated carbocycles. The molecule has 1 aromatic heterocycles. The highest BCUT2D eigenvalue weighted by Crippen LogP contribution is 2.35. The van der Waals surface area contributed by atoms with E-state index in [1.165, 1.54) is 4.90 Å². The first-order valence-corrected chi connectivity index (χ1v) is 7.04. The molecule has 2 N–H and O–H groups in total. The van der Waals surface area contributed by atoms with E-state index >= 15 is 0 Å². The van der Waals surface area contributed by atoms with Gasteiger partial charge in [-0.05, 0) is 36.8 Å². The third kappa shape index (κ3) is 3.15. The molecule has 1 atom stereocenters. The summed E-state index contributed by atoms with van der Waals surface area (Å²) in [6.07, 6.45) is 4.81. The molecule has 1 saturated heterocycles. The van der Waals surface area contributed by atoms with Gasteiger partial charge in [0, 0.05) is 12.7 Å². The Morgan fingerprint density at radius 3 is 2.81 bits per heavy atom. The third-order valence-corrected chi connectivity index (χ3v) is 4.05. The predicted molar refractivity (Wildman–Crippen MR) is 79.1 cm³/mol. The minimum atomic E-state index is -0.960. The molecule has 0 spiro atoms. The summed E-state index contributed by atoms with van der Waals surface area (Å²) in [4.78, 5) is 29.4. The number of nitrogens with one attached hydrogen (secondary N) is 1. The number of amides is 2. The number of hydrogen-bond acceptors (Lipinski definition) is 3. The molecule has 1 fully saturated rings. The van der Waals surface area contributed by atoms with Crippen LogP contribution in [-0.4, -0.2) is 39.6 Å². The van der Waals surface area contributed by atoms with Crippen LogP contribution in [0.15, 0.2) is 18.5 Å². The fourth-order valence-electron chi connectivity index (χ4n) is 2.86. The minimum absolute atomic E-state index is 0.383. The van der Waals surface area contributed by atoms with E-state index in [0.717, 1.165) is 18.4 Å². The number of nitrogens with zero attached hydrogens (tertiary/aromatic N) is 2. The summed E-state index contributed by atoms with van der Waals surface area (Å²) < 4.78 is 0. The van der Waals surface area contributed by atoms with E-state index in [-0.39, 0.29) is 6.03 Å². The van der Waals surface area contributed by atoms with E-state index in [0.29, 0.717) is 12.2 Å². The summed E-state index contributed by atoms with van der Waals surface area (Å²) >= 11 is 0. The second-order valence-electron chi connectivity index (χ2n) is 6.15. The van der Waals surface area contributed by atoms with Gasteiger partial charge in [-0.3, -0.25) is 4.98 Å². The van der Waals surface area contributed by atoms with Crippen LogP contribution in [0.3, 0.4) is 0 Å². The monoisotopic (exact) mass is 291 g/mol. The van der Waals surface area contributed by atoms with E-state index in [9.17, 15) is 14.7 Å². The zero-order valence-corrected chi connectivity index (χ0v) is 12.6. The van der Waals surface area contributed by atoms with Crippen LogP contribution < -0.4 is 5.32 Å². The Balaban J connectivity index is 2.21. The van der Waals surface area contributed by atoms with Crippen LogP contribution in [0.1, 0.15) is 32.3 Å². The quantitative estimate of drug-likeness (QED) is 0.877. The molecule has 21 heavy (non-hydrogen) atoms. The van der Waals surface area contributed by atoms with Crippen molar-refractivity contribution in [3.63, 3.8) is 0 Å². The molecule has 1 unspecified atom stereocenters. The number of piperidine rings is 1. The van der Waals surface area contributed by atoms with Gasteiger partial charge in [0.25, 0.3) is 0 Å². The molecular weight excluding hydrogens is 270 g/mol. The van der Waals surface area contributed by atoms with Crippen LogP contribution in [0.2, 0.25) is 0 Å². The van der Waals surface area contributed by atoms with Crippen molar-refractivity contribution in [3.8, 4) is 0 Å². The van der Waals surface area contributed by atoms with Gasteiger partial charge >= 0.3 is 12.0 Å². The molecule has 6 nitrogen and oxygen atoms in total. The van der Waals surface area contributed by atoms with Crippen molar-refractivity contribution < 1.29 is 14.7 Å². The van der Waals surface area contributed by atoms with Crippen LogP contribution in [0, 0.1) is 12.3 Å². The average Bonchev–Trinajstić information content (AvgIpc) is 2.39. The Hall–Kier alpha value is -2.11. The second-order valence-corrected chi connectivity index (χ2v) is 6.15. The average molecular weight is 291 g/mol. The zero-order valence-electron chi connectivity index (χ0n) is 12.6. The van der Waals surface area contributed by atoms with Crippen molar-refractivity contribution in [2.75, 3.05) is 11.9 Å². The van der Waals surface area contributed by atoms with Gasteiger partial charge in [-0.15, -0.1) is 0 Å². The zero-order chi connectivity index (χ0) is 15.6. The molecular formula is C15H21N3O3. The molecule has 0 aliphatic carbocycles. The van der Waals surface area contributed by atoms with Crippen molar-refractivity contribution in [3.05, 3.63) is 24.0 Å². The van der Waals surface area contributed by atoms with Crippen LogP contribution in [0.4, 0.5) is 10.5 Å². The first-order chi connectivity index (χ1) is 9.83. The molecule has 0 bridgehead atoms. The highest BCUT2D eigenvalue weighted by Gasteiger charge is 2.44. The summed E-state index contributed by atoms with van der Waals surface area (Å²) in [7, 11) is 0. The topological polar surface area (TPSA) is 82.5 Å². The summed E-state index contributed by atoms with van der Waals surface area (Å²) in [5.74, 6) is -0.960. The van der Waals surface area contributed by atoms with Gasteiger partial charge in [-0.2, -0.15) is 0 Å². The molecule has 1 aliphatic rings. The molecule has 2 amide bonds. The molecule has 1 aromatic rings. The third-order valence-electron chi connectivity index (χ3n) is 4.05.